The van der Waals surface area contributed by atoms with E-state index in [0.29, 0.717) is 5.92 Å². The molecule has 0 radical (unpaired) electrons. The van der Waals surface area contributed by atoms with Crippen molar-refractivity contribution in [2.24, 2.45) is 5.92 Å². The van der Waals surface area contributed by atoms with E-state index in [1.807, 2.05) is 4.90 Å². The number of benzene rings is 1. The fourth-order valence-electron chi connectivity index (χ4n) is 3.29. The number of hydrogen-bond acceptors (Lipinski definition) is 3. The molecule has 25 heavy (non-hydrogen) atoms. The van der Waals surface area contributed by atoms with Crippen LogP contribution in [-0.4, -0.2) is 49.7 Å². The number of likely N-dealkylation sites (tertiary alicyclic amines) is 1. The van der Waals surface area contributed by atoms with Gasteiger partial charge in [0.1, 0.15) is 0 Å². The highest BCUT2D eigenvalue weighted by atomic mass is 32.2. The van der Waals surface area contributed by atoms with Gasteiger partial charge in [0.25, 0.3) is 0 Å². The third-order valence-corrected chi connectivity index (χ3v) is 6.65. The average molecular weight is 367 g/mol. The number of rotatable bonds is 7. The van der Waals surface area contributed by atoms with Crippen LogP contribution in [0.1, 0.15) is 46.0 Å². The Morgan fingerprint density at radius 2 is 1.92 bits per heavy atom. The lowest BCUT2D eigenvalue weighted by Crippen LogP contribution is -2.48. The second-order valence-corrected chi connectivity index (χ2v) is 9.33. The highest BCUT2D eigenvalue weighted by Crippen LogP contribution is 2.23. The van der Waals surface area contributed by atoms with Gasteiger partial charge in [0.15, 0.2) is 0 Å². The van der Waals surface area contributed by atoms with Crippen LogP contribution in [0, 0.1) is 5.92 Å². The van der Waals surface area contributed by atoms with E-state index in [-0.39, 0.29) is 23.4 Å². The molecule has 0 aromatic heterocycles. The molecule has 2 rings (SSSR count). The first-order valence-electron chi connectivity index (χ1n) is 9.13. The van der Waals surface area contributed by atoms with E-state index in [1.54, 1.807) is 30.3 Å². The van der Waals surface area contributed by atoms with E-state index in [1.165, 1.54) is 11.4 Å². The quantitative estimate of drug-likeness (QED) is 0.745. The van der Waals surface area contributed by atoms with Crippen LogP contribution in [0.25, 0.3) is 0 Å². The monoisotopic (exact) mass is 366 g/mol. The predicted octanol–water partition coefficient (Wildman–Crippen LogP) is 3.12. The number of hydrogen-bond donors (Lipinski definition) is 0. The second-order valence-electron chi connectivity index (χ2n) is 7.28. The number of carbonyl (C=O) groups is 1. The second kappa shape index (κ2) is 8.81. The van der Waals surface area contributed by atoms with Crippen molar-refractivity contribution in [3.8, 4) is 0 Å². The maximum Gasteiger partial charge on any atom is 0.243 e. The van der Waals surface area contributed by atoms with Gasteiger partial charge in [-0.3, -0.25) is 4.79 Å². The first kappa shape index (κ1) is 19.9. The third kappa shape index (κ3) is 5.28. The molecule has 5 nitrogen and oxygen atoms in total. The van der Waals surface area contributed by atoms with Gasteiger partial charge in [0.05, 0.1) is 11.4 Å². The Morgan fingerprint density at radius 1 is 1.24 bits per heavy atom. The minimum atomic E-state index is -3.63. The van der Waals surface area contributed by atoms with Gasteiger partial charge in [0.2, 0.25) is 15.9 Å². The molecule has 1 aromatic carbocycles. The highest BCUT2D eigenvalue weighted by Gasteiger charge is 2.30. The van der Waals surface area contributed by atoms with Crippen LogP contribution >= 0.6 is 0 Å². The number of nitrogens with zero attached hydrogens (tertiary/aromatic N) is 2. The summed E-state index contributed by atoms with van der Waals surface area (Å²) in [6, 6.07) is 8.52. The Bertz CT molecular complexity index is 659. The molecule has 1 aromatic rings. The molecule has 0 bridgehead atoms. The molecule has 0 aliphatic carbocycles. The molecular formula is C19H30N2O3S. The summed E-state index contributed by atoms with van der Waals surface area (Å²) in [4.78, 5) is 14.9. The lowest BCUT2D eigenvalue weighted by molar-refractivity contribution is -0.135. The molecule has 1 atom stereocenters. The van der Waals surface area contributed by atoms with Gasteiger partial charge in [-0.1, -0.05) is 32.0 Å². The highest BCUT2D eigenvalue weighted by molar-refractivity contribution is 7.89. The maximum absolute atomic E-state index is 12.8. The van der Waals surface area contributed by atoms with Crippen molar-refractivity contribution in [1.82, 2.24) is 9.21 Å². The molecule has 6 heteroatoms. The normalized spacial score (nSPS) is 18.8. The molecule has 1 aliphatic heterocycles. The van der Waals surface area contributed by atoms with Crippen LogP contribution in [0.3, 0.4) is 0 Å². The molecule has 1 fully saturated rings. The lowest BCUT2D eigenvalue weighted by atomic mass is 9.94. The number of carbonyl (C=O) groups excluding carboxylic acids is 1. The van der Waals surface area contributed by atoms with Crippen molar-refractivity contribution in [3.63, 3.8) is 0 Å². The molecule has 1 saturated heterocycles. The van der Waals surface area contributed by atoms with Gasteiger partial charge in [0, 0.05) is 19.6 Å². The van der Waals surface area contributed by atoms with Crippen molar-refractivity contribution in [2.75, 3.05) is 20.1 Å². The Morgan fingerprint density at radius 3 is 2.56 bits per heavy atom. The minimum absolute atomic E-state index is 0.0875. The standard InChI is InChI=1S/C19H30N2O3S/c1-16(2)12-13-17-9-7-8-14-21(17)19(22)15-20(3)25(23,24)18-10-5-4-6-11-18/h4-6,10-11,16-17H,7-9,12-15H2,1-3H3. The van der Waals surface area contributed by atoms with Gasteiger partial charge < -0.3 is 4.90 Å². The van der Waals surface area contributed by atoms with E-state index < -0.39 is 10.0 Å². The molecule has 0 saturated carbocycles. The van der Waals surface area contributed by atoms with Gasteiger partial charge in [-0.2, -0.15) is 4.31 Å². The van der Waals surface area contributed by atoms with Crippen molar-refractivity contribution in [2.45, 2.75) is 56.9 Å². The molecule has 0 N–H and O–H groups in total. The maximum atomic E-state index is 12.8. The largest absolute Gasteiger partial charge is 0.339 e. The number of sulfonamides is 1. The SMILES string of the molecule is CC(C)CCC1CCCCN1C(=O)CN(C)S(=O)(=O)c1ccccc1. The first-order valence-corrected chi connectivity index (χ1v) is 10.6. The Balaban J connectivity index is 2.03. The Hall–Kier alpha value is -1.40. The molecule has 1 aliphatic rings. The van der Waals surface area contributed by atoms with Crippen LogP contribution < -0.4 is 0 Å². The Kier molecular flexibility index (Phi) is 7.02. The van der Waals surface area contributed by atoms with Gasteiger partial charge in [-0.15, -0.1) is 0 Å². The van der Waals surface area contributed by atoms with E-state index in [0.717, 1.165) is 38.6 Å². The number of likely N-dealkylation sites (N-methyl/N-ethyl adjacent to an activating group) is 1. The van der Waals surface area contributed by atoms with Crippen LogP contribution in [0.2, 0.25) is 0 Å². The third-order valence-electron chi connectivity index (χ3n) is 4.83. The summed E-state index contributed by atoms with van der Waals surface area (Å²) in [6.07, 6.45) is 5.25. The summed E-state index contributed by atoms with van der Waals surface area (Å²) in [5, 5.41) is 0. The molecule has 1 unspecified atom stereocenters. The molecular weight excluding hydrogens is 336 g/mol. The van der Waals surface area contributed by atoms with Crippen molar-refractivity contribution < 1.29 is 13.2 Å². The first-order chi connectivity index (χ1) is 11.8. The smallest absolute Gasteiger partial charge is 0.243 e. The molecule has 1 heterocycles. The zero-order valence-corrected chi connectivity index (χ0v) is 16.3. The summed E-state index contributed by atoms with van der Waals surface area (Å²) in [7, 11) is -2.15. The van der Waals surface area contributed by atoms with Gasteiger partial charge >= 0.3 is 0 Å². The van der Waals surface area contributed by atoms with E-state index in [4.69, 9.17) is 0 Å². The minimum Gasteiger partial charge on any atom is -0.339 e. The van der Waals surface area contributed by atoms with Crippen LogP contribution in [0.15, 0.2) is 35.2 Å². The van der Waals surface area contributed by atoms with Crippen LogP contribution in [0.5, 0.6) is 0 Å². The number of piperidine rings is 1. The fourth-order valence-corrected chi connectivity index (χ4v) is 4.43. The average Bonchev–Trinajstić information content (AvgIpc) is 2.60. The predicted molar refractivity (Wildman–Crippen MR) is 99.7 cm³/mol. The summed E-state index contributed by atoms with van der Waals surface area (Å²) < 4.78 is 26.4. The van der Waals surface area contributed by atoms with Gasteiger partial charge in [-0.05, 0) is 50.2 Å². The van der Waals surface area contributed by atoms with Crippen molar-refractivity contribution in [3.05, 3.63) is 30.3 Å². The lowest BCUT2D eigenvalue weighted by Gasteiger charge is -2.37. The van der Waals surface area contributed by atoms with Crippen LogP contribution in [-0.2, 0) is 14.8 Å². The fraction of sp³-hybridized carbons (Fsp3) is 0.632. The van der Waals surface area contributed by atoms with Crippen molar-refractivity contribution >= 4 is 15.9 Å². The summed E-state index contributed by atoms with van der Waals surface area (Å²) >= 11 is 0. The van der Waals surface area contributed by atoms with Gasteiger partial charge in [-0.25, -0.2) is 8.42 Å². The summed E-state index contributed by atoms with van der Waals surface area (Å²) in [5.74, 6) is 0.524. The Labute approximate surface area is 152 Å². The van der Waals surface area contributed by atoms with E-state index >= 15 is 0 Å². The molecule has 1 amide bonds. The zero-order valence-electron chi connectivity index (χ0n) is 15.5. The number of amides is 1. The summed E-state index contributed by atoms with van der Waals surface area (Å²) in [6.45, 7) is 5.01. The molecule has 0 spiro atoms. The van der Waals surface area contributed by atoms with Crippen LogP contribution in [0.4, 0.5) is 0 Å². The van der Waals surface area contributed by atoms with E-state index in [9.17, 15) is 13.2 Å². The topological polar surface area (TPSA) is 57.7 Å². The van der Waals surface area contributed by atoms with Crippen molar-refractivity contribution in [1.29, 1.82) is 0 Å². The zero-order chi connectivity index (χ0) is 18.4. The summed E-state index contributed by atoms with van der Waals surface area (Å²) in [5.41, 5.74) is 0. The molecule has 140 valence electrons. The van der Waals surface area contributed by atoms with E-state index in [2.05, 4.69) is 13.8 Å².